The van der Waals surface area contributed by atoms with Gasteiger partial charge in [-0.2, -0.15) is 0 Å². The number of carboxylic acid groups (broad SMARTS) is 1. The van der Waals surface area contributed by atoms with E-state index in [9.17, 15) is 14.0 Å². The third-order valence-electron chi connectivity index (χ3n) is 2.10. The van der Waals surface area contributed by atoms with E-state index in [1.165, 1.54) is 12.1 Å². The lowest BCUT2D eigenvalue weighted by Crippen LogP contribution is -2.32. The van der Waals surface area contributed by atoms with Crippen molar-refractivity contribution in [3.63, 3.8) is 0 Å². The third kappa shape index (κ3) is 4.95. The van der Waals surface area contributed by atoms with E-state index in [0.717, 1.165) is 6.07 Å². The van der Waals surface area contributed by atoms with Crippen LogP contribution in [0.4, 0.5) is 9.18 Å². The molecule has 19 heavy (non-hydrogen) atoms. The Labute approximate surface area is 110 Å². The lowest BCUT2D eigenvalue weighted by Gasteiger charge is -2.19. The number of hydrogen-bond donors (Lipinski definition) is 2. The van der Waals surface area contributed by atoms with Crippen LogP contribution in [0.25, 0.3) is 0 Å². The predicted octanol–water partition coefficient (Wildman–Crippen LogP) is 2.55. The topological polar surface area (TPSA) is 75.6 Å². The van der Waals surface area contributed by atoms with E-state index in [1.54, 1.807) is 20.8 Å². The largest absolute Gasteiger partial charge is 0.478 e. The number of alkyl carbamates (subject to hydrolysis) is 1. The molecule has 0 radical (unpaired) electrons. The van der Waals surface area contributed by atoms with Crippen LogP contribution in [0.15, 0.2) is 18.2 Å². The van der Waals surface area contributed by atoms with Gasteiger partial charge in [0.15, 0.2) is 0 Å². The second-order valence-corrected chi connectivity index (χ2v) is 4.97. The minimum Gasteiger partial charge on any atom is -0.478 e. The summed E-state index contributed by atoms with van der Waals surface area (Å²) in [4.78, 5) is 22.1. The Bertz CT molecular complexity index is 494. The minimum atomic E-state index is -1.35. The number of aromatic carboxylic acids is 1. The Morgan fingerprint density at radius 2 is 2.00 bits per heavy atom. The number of benzene rings is 1. The summed E-state index contributed by atoms with van der Waals surface area (Å²) in [7, 11) is 0. The molecule has 0 aliphatic carbocycles. The van der Waals surface area contributed by atoms with Gasteiger partial charge in [0.2, 0.25) is 0 Å². The maximum absolute atomic E-state index is 13.1. The van der Waals surface area contributed by atoms with E-state index < -0.39 is 29.0 Å². The number of ether oxygens (including phenoxy) is 1. The van der Waals surface area contributed by atoms with Crippen LogP contribution in [0, 0.1) is 5.82 Å². The molecule has 0 spiro atoms. The van der Waals surface area contributed by atoms with Crippen LogP contribution in [-0.2, 0) is 11.3 Å². The number of rotatable bonds is 3. The lowest BCUT2D eigenvalue weighted by molar-refractivity contribution is 0.0523. The Kier molecular flexibility index (Phi) is 4.47. The van der Waals surface area contributed by atoms with Crippen LogP contribution in [0.3, 0.4) is 0 Å². The number of carbonyl (C=O) groups excluding carboxylic acids is 1. The average molecular weight is 269 g/mol. The number of carbonyl (C=O) groups is 2. The molecule has 0 heterocycles. The van der Waals surface area contributed by atoms with Gasteiger partial charge in [0.1, 0.15) is 11.4 Å². The first-order chi connectivity index (χ1) is 8.69. The Morgan fingerprint density at radius 3 is 2.53 bits per heavy atom. The number of carboxylic acids is 1. The average Bonchev–Trinajstić information content (AvgIpc) is 2.25. The molecule has 2 N–H and O–H groups in total. The number of halogens is 1. The summed E-state index contributed by atoms with van der Waals surface area (Å²) >= 11 is 0. The van der Waals surface area contributed by atoms with Crippen molar-refractivity contribution in [2.75, 3.05) is 0 Å². The van der Waals surface area contributed by atoms with Gasteiger partial charge in [0, 0.05) is 6.54 Å². The molecule has 0 atom stereocenters. The predicted molar refractivity (Wildman–Crippen MR) is 66.4 cm³/mol. The molecule has 1 rings (SSSR count). The zero-order valence-electron chi connectivity index (χ0n) is 11.0. The SMILES string of the molecule is CC(C)(C)OC(=O)NCc1ccc(F)c(C(=O)O)c1. The third-order valence-corrected chi connectivity index (χ3v) is 2.10. The molecule has 0 aliphatic rings. The van der Waals surface area contributed by atoms with Crippen molar-refractivity contribution in [3.05, 3.63) is 35.1 Å². The lowest BCUT2D eigenvalue weighted by atomic mass is 10.1. The molecule has 1 aromatic carbocycles. The quantitative estimate of drug-likeness (QED) is 0.884. The molecule has 5 nitrogen and oxygen atoms in total. The Hall–Kier alpha value is -2.11. The maximum Gasteiger partial charge on any atom is 0.407 e. The standard InChI is InChI=1S/C13H16FNO4/c1-13(2,3)19-12(18)15-7-8-4-5-10(14)9(6-8)11(16)17/h4-6H,7H2,1-3H3,(H,15,18)(H,16,17). The van der Waals surface area contributed by atoms with Crippen LogP contribution in [0.1, 0.15) is 36.7 Å². The van der Waals surface area contributed by atoms with Crippen LogP contribution in [0.5, 0.6) is 0 Å². The van der Waals surface area contributed by atoms with Crippen molar-refractivity contribution in [2.24, 2.45) is 0 Å². The zero-order valence-corrected chi connectivity index (χ0v) is 11.0. The first-order valence-corrected chi connectivity index (χ1v) is 5.67. The monoisotopic (exact) mass is 269 g/mol. The Morgan fingerprint density at radius 1 is 1.37 bits per heavy atom. The fourth-order valence-corrected chi connectivity index (χ4v) is 1.33. The number of nitrogens with one attached hydrogen (secondary N) is 1. The maximum atomic E-state index is 13.1. The highest BCUT2D eigenvalue weighted by Crippen LogP contribution is 2.11. The minimum absolute atomic E-state index is 0.0650. The summed E-state index contributed by atoms with van der Waals surface area (Å²) in [5.74, 6) is -2.16. The van der Waals surface area contributed by atoms with Gasteiger partial charge in [-0.1, -0.05) is 6.07 Å². The molecule has 0 aliphatic heterocycles. The van der Waals surface area contributed by atoms with Crippen molar-refractivity contribution in [1.82, 2.24) is 5.32 Å². The second-order valence-electron chi connectivity index (χ2n) is 4.97. The molecular weight excluding hydrogens is 253 g/mol. The summed E-state index contributed by atoms with van der Waals surface area (Å²) < 4.78 is 18.2. The molecule has 0 fully saturated rings. The van der Waals surface area contributed by atoms with Gasteiger partial charge < -0.3 is 15.2 Å². The normalized spacial score (nSPS) is 10.9. The number of hydrogen-bond acceptors (Lipinski definition) is 3. The zero-order chi connectivity index (χ0) is 14.6. The van der Waals surface area contributed by atoms with E-state index in [2.05, 4.69) is 5.32 Å². The summed E-state index contributed by atoms with van der Waals surface area (Å²) in [5, 5.41) is 11.2. The smallest absolute Gasteiger partial charge is 0.407 e. The highest BCUT2D eigenvalue weighted by atomic mass is 19.1. The summed E-state index contributed by atoms with van der Waals surface area (Å²) in [5.41, 5.74) is -0.563. The van der Waals surface area contributed by atoms with E-state index >= 15 is 0 Å². The summed E-state index contributed by atoms with van der Waals surface area (Å²) in [6.07, 6.45) is -0.617. The first kappa shape index (κ1) is 14.9. The fraction of sp³-hybridized carbons (Fsp3) is 0.385. The molecule has 104 valence electrons. The molecule has 0 saturated carbocycles. The molecule has 0 aromatic heterocycles. The van der Waals surface area contributed by atoms with E-state index in [-0.39, 0.29) is 6.54 Å². The van der Waals surface area contributed by atoms with Gasteiger partial charge in [-0.3, -0.25) is 0 Å². The van der Waals surface area contributed by atoms with Crippen LogP contribution in [-0.4, -0.2) is 22.8 Å². The van der Waals surface area contributed by atoms with E-state index in [0.29, 0.717) is 5.56 Å². The van der Waals surface area contributed by atoms with Crippen LogP contribution in [0.2, 0.25) is 0 Å². The summed E-state index contributed by atoms with van der Waals surface area (Å²) in [6, 6.07) is 3.63. The molecule has 0 bridgehead atoms. The first-order valence-electron chi connectivity index (χ1n) is 5.67. The molecule has 0 unspecified atom stereocenters. The number of amides is 1. The van der Waals surface area contributed by atoms with Gasteiger partial charge >= 0.3 is 12.1 Å². The van der Waals surface area contributed by atoms with Crippen molar-refractivity contribution in [1.29, 1.82) is 0 Å². The van der Waals surface area contributed by atoms with Gasteiger partial charge in [-0.05, 0) is 38.5 Å². The van der Waals surface area contributed by atoms with Crippen molar-refractivity contribution < 1.29 is 23.8 Å². The molecule has 1 amide bonds. The van der Waals surface area contributed by atoms with E-state index in [1.807, 2.05) is 0 Å². The molecule has 0 saturated heterocycles. The van der Waals surface area contributed by atoms with Crippen LogP contribution < -0.4 is 5.32 Å². The van der Waals surface area contributed by atoms with Gasteiger partial charge in [-0.15, -0.1) is 0 Å². The molecular formula is C13H16FNO4. The highest BCUT2D eigenvalue weighted by molar-refractivity contribution is 5.88. The van der Waals surface area contributed by atoms with Crippen molar-refractivity contribution in [2.45, 2.75) is 32.9 Å². The van der Waals surface area contributed by atoms with Crippen LogP contribution >= 0.6 is 0 Å². The van der Waals surface area contributed by atoms with Crippen molar-refractivity contribution in [3.8, 4) is 0 Å². The van der Waals surface area contributed by atoms with Gasteiger partial charge in [-0.25, -0.2) is 14.0 Å². The highest BCUT2D eigenvalue weighted by Gasteiger charge is 2.16. The Balaban J connectivity index is 2.66. The fourth-order valence-electron chi connectivity index (χ4n) is 1.33. The molecule has 6 heteroatoms. The molecule has 1 aromatic rings. The summed E-state index contributed by atoms with van der Waals surface area (Å²) in [6.45, 7) is 5.25. The van der Waals surface area contributed by atoms with Gasteiger partial charge in [0.05, 0.1) is 5.56 Å². The van der Waals surface area contributed by atoms with Gasteiger partial charge in [0.25, 0.3) is 0 Å². The van der Waals surface area contributed by atoms with Crippen molar-refractivity contribution >= 4 is 12.1 Å². The van der Waals surface area contributed by atoms with E-state index in [4.69, 9.17) is 9.84 Å². The second kappa shape index (κ2) is 5.69.